The number of amides is 1. The third-order valence-corrected chi connectivity index (χ3v) is 3.60. The van der Waals surface area contributed by atoms with E-state index in [9.17, 15) is 4.79 Å². The minimum Gasteiger partial charge on any atom is -0.369 e. The molecule has 0 aliphatic carbocycles. The summed E-state index contributed by atoms with van der Waals surface area (Å²) >= 11 is 0. The maximum atomic E-state index is 10.9. The molecule has 1 rings (SSSR count). The molecular weight excluding hydrogens is 280 g/mol. The number of piperidine rings is 1. The molecule has 0 saturated carbocycles. The number of primary amides is 1. The van der Waals surface area contributed by atoms with E-state index < -0.39 is 0 Å². The molecule has 1 aliphatic heterocycles. The maximum Gasteiger partial charge on any atom is 0.231 e. The van der Waals surface area contributed by atoms with Crippen molar-refractivity contribution in [3.63, 3.8) is 0 Å². The molecule has 0 spiro atoms. The first-order chi connectivity index (χ1) is 10.3. The van der Waals surface area contributed by atoms with Gasteiger partial charge in [-0.25, -0.2) is 0 Å². The molecule has 22 heavy (non-hydrogen) atoms. The fourth-order valence-electron chi connectivity index (χ4n) is 2.46. The zero-order valence-corrected chi connectivity index (χ0v) is 14.4. The SMILES string of the molecule is CN=C(NCCNC(C)(C)C)NC1CCN(CC(N)=O)CC1. The van der Waals surface area contributed by atoms with Crippen LogP contribution in [0.2, 0.25) is 0 Å². The number of guanidine groups is 1. The van der Waals surface area contributed by atoms with Crippen LogP contribution in [0, 0.1) is 0 Å². The van der Waals surface area contributed by atoms with Gasteiger partial charge in [-0.15, -0.1) is 0 Å². The van der Waals surface area contributed by atoms with E-state index in [0.717, 1.165) is 45.0 Å². The average molecular weight is 312 g/mol. The molecule has 1 fully saturated rings. The highest BCUT2D eigenvalue weighted by molar-refractivity contribution is 5.80. The number of hydrogen-bond acceptors (Lipinski definition) is 4. The van der Waals surface area contributed by atoms with Crippen molar-refractivity contribution in [1.82, 2.24) is 20.9 Å². The van der Waals surface area contributed by atoms with Crippen LogP contribution in [0.1, 0.15) is 33.6 Å². The lowest BCUT2D eigenvalue weighted by Gasteiger charge is -2.32. The summed E-state index contributed by atoms with van der Waals surface area (Å²) in [7, 11) is 1.79. The summed E-state index contributed by atoms with van der Waals surface area (Å²) in [6.07, 6.45) is 1.99. The van der Waals surface area contributed by atoms with Gasteiger partial charge >= 0.3 is 0 Å². The van der Waals surface area contributed by atoms with Crippen molar-refractivity contribution in [2.24, 2.45) is 10.7 Å². The smallest absolute Gasteiger partial charge is 0.231 e. The molecule has 128 valence electrons. The molecule has 1 amide bonds. The molecule has 0 aromatic rings. The highest BCUT2D eigenvalue weighted by Gasteiger charge is 2.20. The number of nitrogens with zero attached hydrogens (tertiary/aromatic N) is 2. The molecular formula is C15H32N6O. The number of rotatable bonds is 6. The van der Waals surface area contributed by atoms with E-state index in [1.54, 1.807) is 7.05 Å². The molecule has 5 N–H and O–H groups in total. The summed E-state index contributed by atoms with van der Waals surface area (Å²) in [6.45, 7) is 10.3. The fraction of sp³-hybridized carbons (Fsp3) is 0.867. The first-order valence-corrected chi connectivity index (χ1v) is 8.03. The van der Waals surface area contributed by atoms with Crippen molar-refractivity contribution in [2.45, 2.75) is 45.2 Å². The Morgan fingerprint density at radius 3 is 2.41 bits per heavy atom. The Balaban J connectivity index is 2.23. The summed E-state index contributed by atoms with van der Waals surface area (Å²) in [5.41, 5.74) is 5.36. The van der Waals surface area contributed by atoms with Crippen molar-refractivity contribution in [2.75, 3.05) is 39.8 Å². The molecule has 1 saturated heterocycles. The Kier molecular flexibility index (Phi) is 7.61. The molecule has 0 atom stereocenters. The van der Waals surface area contributed by atoms with Crippen molar-refractivity contribution >= 4 is 11.9 Å². The Labute approximate surface area is 134 Å². The van der Waals surface area contributed by atoms with Crippen molar-refractivity contribution in [3.05, 3.63) is 0 Å². The molecule has 7 heteroatoms. The molecule has 0 radical (unpaired) electrons. The molecule has 1 aliphatic rings. The average Bonchev–Trinajstić information content (AvgIpc) is 2.42. The Morgan fingerprint density at radius 2 is 1.91 bits per heavy atom. The predicted octanol–water partition coefficient (Wildman–Crippen LogP) is -0.511. The lowest BCUT2D eigenvalue weighted by Crippen LogP contribution is -2.51. The number of carbonyl (C=O) groups excluding carboxylic acids is 1. The van der Waals surface area contributed by atoms with Gasteiger partial charge in [-0.3, -0.25) is 14.7 Å². The van der Waals surface area contributed by atoms with Gasteiger partial charge in [-0.1, -0.05) is 0 Å². The van der Waals surface area contributed by atoms with Gasteiger partial charge < -0.3 is 21.7 Å². The Bertz CT molecular complexity index is 369. The van der Waals surface area contributed by atoms with Crippen molar-refractivity contribution < 1.29 is 4.79 Å². The van der Waals surface area contributed by atoms with E-state index in [-0.39, 0.29) is 11.4 Å². The normalized spacial score (nSPS) is 18.3. The summed E-state index contributed by atoms with van der Waals surface area (Å²) in [6, 6.07) is 0.394. The van der Waals surface area contributed by atoms with Gasteiger partial charge in [0.05, 0.1) is 6.54 Å². The van der Waals surface area contributed by atoms with Gasteiger partial charge in [0.1, 0.15) is 0 Å². The third kappa shape index (κ3) is 8.19. The van der Waals surface area contributed by atoms with Crippen LogP contribution in [0.3, 0.4) is 0 Å². The van der Waals surface area contributed by atoms with E-state index in [1.165, 1.54) is 0 Å². The number of hydrogen-bond donors (Lipinski definition) is 4. The lowest BCUT2D eigenvalue weighted by atomic mass is 10.1. The lowest BCUT2D eigenvalue weighted by molar-refractivity contribution is -0.119. The Hall–Kier alpha value is -1.34. The molecule has 1 heterocycles. The van der Waals surface area contributed by atoms with Gasteiger partial charge in [-0.05, 0) is 33.6 Å². The highest BCUT2D eigenvalue weighted by atomic mass is 16.1. The van der Waals surface area contributed by atoms with Gasteiger partial charge in [0.15, 0.2) is 5.96 Å². The van der Waals surface area contributed by atoms with Crippen LogP contribution in [-0.2, 0) is 4.79 Å². The number of aliphatic imine (C=N–C) groups is 1. The van der Waals surface area contributed by atoms with Crippen molar-refractivity contribution in [3.8, 4) is 0 Å². The standard InChI is InChI=1S/C15H32N6O/c1-15(2,3)19-8-7-18-14(17-4)20-12-5-9-21(10-6-12)11-13(16)22/h12,19H,5-11H2,1-4H3,(H2,16,22)(H2,17,18,20). The second-order valence-electron chi connectivity index (χ2n) is 6.84. The molecule has 0 aromatic carbocycles. The number of nitrogens with two attached hydrogens (primary N) is 1. The first-order valence-electron chi connectivity index (χ1n) is 8.03. The van der Waals surface area contributed by atoms with Crippen LogP contribution in [0.15, 0.2) is 4.99 Å². The number of likely N-dealkylation sites (tertiary alicyclic amines) is 1. The van der Waals surface area contributed by atoms with E-state index in [0.29, 0.717) is 12.6 Å². The summed E-state index contributed by atoms with van der Waals surface area (Å²) in [5.74, 6) is 0.583. The zero-order valence-electron chi connectivity index (χ0n) is 14.4. The van der Waals surface area contributed by atoms with Crippen LogP contribution in [-0.4, -0.2) is 68.1 Å². The first kappa shape index (κ1) is 18.7. The second kappa shape index (κ2) is 8.95. The fourth-order valence-corrected chi connectivity index (χ4v) is 2.46. The third-order valence-electron chi connectivity index (χ3n) is 3.60. The predicted molar refractivity (Wildman–Crippen MR) is 90.9 cm³/mol. The quantitative estimate of drug-likeness (QED) is 0.301. The zero-order chi connectivity index (χ0) is 16.6. The molecule has 0 bridgehead atoms. The van der Waals surface area contributed by atoms with Crippen LogP contribution in [0.5, 0.6) is 0 Å². The minimum absolute atomic E-state index is 0.131. The highest BCUT2D eigenvalue weighted by Crippen LogP contribution is 2.09. The van der Waals surface area contributed by atoms with E-state index in [1.807, 2.05) is 0 Å². The largest absolute Gasteiger partial charge is 0.369 e. The summed E-state index contributed by atoms with van der Waals surface area (Å²) in [5, 5.41) is 10.2. The summed E-state index contributed by atoms with van der Waals surface area (Å²) < 4.78 is 0. The molecule has 7 nitrogen and oxygen atoms in total. The van der Waals surface area contributed by atoms with Gasteiger partial charge in [0, 0.05) is 44.8 Å². The summed E-state index contributed by atoms with van der Waals surface area (Å²) in [4.78, 5) is 17.3. The minimum atomic E-state index is -0.254. The topological polar surface area (TPSA) is 94.8 Å². The van der Waals surface area contributed by atoms with Gasteiger partial charge in [0.2, 0.25) is 5.91 Å². The van der Waals surface area contributed by atoms with E-state index >= 15 is 0 Å². The molecule has 0 unspecified atom stereocenters. The van der Waals surface area contributed by atoms with Gasteiger partial charge in [-0.2, -0.15) is 0 Å². The number of carbonyl (C=O) groups is 1. The monoisotopic (exact) mass is 312 g/mol. The van der Waals surface area contributed by atoms with E-state index in [2.05, 4.69) is 46.6 Å². The van der Waals surface area contributed by atoms with Crippen LogP contribution in [0.25, 0.3) is 0 Å². The van der Waals surface area contributed by atoms with Gasteiger partial charge in [0.25, 0.3) is 0 Å². The van der Waals surface area contributed by atoms with E-state index in [4.69, 9.17) is 5.73 Å². The second-order valence-corrected chi connectivity index (χ2v) is 6.84. The Morgan fingerprint density at radius 1 is 1.27 bits per heavy atom. The van der Waals surface area contributed by atoms with Crippen LogP contribution >= 0.6 is 0 Å². The number of nitrogens with one attached hydrogen (secondary N) is 3. The maximum absolute atomic E-state index is 10.9. The van der Waals surface area contributed by atoms with Crippen LogP contribution in [0.4, 0.5) is 0 Å². The molecule has 0 aromatic heterocycles. The van der Waals surface area contributed by atoms with Crippen LogP contribution < -0.4 is 21.7 Å². The van der Waals surface area contributed by atoms with Crippen molar-refractivity contribution in [1.29, 1.82) is 0 Å².